The van der Waals surface area contributed by atoms with Crippen LogP contribution in [0.15, 0.2) is 42.5 Å². The predicted molar refractivity (Wildman–Crippen MR) is 83.0 cm³/mol. The van der Waals surface area contributed by atoms with Gasteiger partial charge in [0.2, 0.25) is 0 Å². The van der Waals surface area contributed by atoms with Crippen LogP contribution in [0, 0.1) is 0 Å². The maximum absolute atomic E-state index is 12.5. The molecule has 0 saturated carbocycles. The molecule has 1 aliphatic carbocycles. The van der Waals surface area contributed by atoms with E-state index in [0.29, 0.717) is 16.3 Å². The van der Waals surface area contributed by atoms with Gasteiger partial charge in [0.15, 0.2) is 0 Å². The van der Waals surface area contributed by atoms with Crippen molar-refractivity contribution in [1.29, 1.82) is 0 Å². The molecule has 0 aromatic heterocycles. The smallest absolute Gasteiger partial charge is 0.255 e. The summed E-state index contributed by atoms with van der Waals surface area (Å²) in [6.45, 7) is 0. The van der Waals surface area contributed by atoms with Crippen molar-refractivity contribution in [3.8, 4) is 5.75 Å². The Hall–Kier alpha value is -2.00. The molecule has 1 atom stereocenters. The van der Waals surface area contributed by atoms with Crippen molar-refractivity contribution in [3.05, 3.63) is 64.2 Å². The van der Waals surface area contributed by atoms with Crippen LogP contribution in [0.1, 0.15) is 33.9 Å². The maximum Gasteiger partial charge on any atom is 0.255 e. The fourth-order valence-electron chi connectivity index (χ4n) is 2.80. The van der Waals surface area contributed by atoms with Crippen LogP contribution >= 0.6 is 11.6 Å². The summed E-state index contributed by atoms with van der Waals surface area (Å²) in [4.78, 5) is 12.5. The van der Waals surface area contributed by atoms with Gasteiger partial charge < -0.3 is 10.1 Å². The lowest BCUT2D eigenvalue weighted by molar-refractivity contribution is 0.0933. The Balaban J connectivity index is 1.83. The quantitative estimate of drug-likeness (QED) is 0.937. The first-order valence-corrected chi connectivity index (χ1v) is 7.29. The lowest BCUT2D eigenvalue weighted by Crippen LogP contribution is -2.27. The Morgan fingerprint density at radius 3 is 2.90 bits per heavy atom. The molecule has 0 saturated heterocycles. The van der Waals surface area contributed by atoms with Crippen LogP contribution in [0.25, 0.3) is 0 Å². The molecular weight excluding hydrogens is 286 g/mol. The van der Waals surface area contributed by atoms with E-state index in [2.05, 4.69) is 17.4 Å². The van der Waals surface area contributed by atoms with Gasteiger partial charge in [-0.25, -0.2) is 0 Å². The fourth-order valence-corrected chi connectivity index (χ4v) is 2.97. The van der Waals surface area contributed by atoms with E-state index in [1.807, 2.05) is 12.1 Å². The zero-order chi connectivity index (χ0) is 14.8. The molecule has 21 heavy (non-hydrogen) atoms. The number of rotatable bonds is 3. The first-order valence-electron chi connectivity index (χ1n) is 6.91. The number of nitrogens with one attached hydrogen (secondary N) is 1. The Morgan fingerprint density at radius 2 is 2.10 bits per heavy atom. The summed E-state index contributed by atoms with van der Waals surface area (Å²) >= 11 is 5.98. The molecule has 1 amide bonds. The highest BCUT2D eigenvalue weighted by atomic mass is 35.5. The number of methoxy groups -OCH3 is 1. The Kier molecular flexibility index (Phi) is 3.84. The van der Waals surface area contributed by atoms with Crippen molar-refractivity contribution in [2.75, 3.05) is 7.11 Å². The van der Waals surface area contributed by atoms with Crippen LogP contribution in [-0.4, -0.2) is 13.0 Å². The fraction of sp³-hybridized carbons (Fsp3) is 0.235. The summed E-state index contributed by atoms with van der Waals surface area (Å²) in [5.41, 5.74) is 2.97. The van der Waals surface area contributed by atoms with E-state index in [9.17, 15) is 4.79 Å². The number of hydrogen-bond acceptors (Lipinski definition) is 2. The summed E-state index contributed by atoms with van der Waals surface area (Å²) in [5, 5.41) is 3.60. The molecule has 0 radical (unpaired) electrons. The minimum absolute atomic E-state index is 0.0531. The number of halogens is 1. The highest BCUT2D eigenvalue weighted by molar-refractivity contribution is 6.31. The lowest BCUT2D eigenvalue weighted by atomic mass is 10.1. The average molecular weight is 302 g/mol. The van der Waals surface area contributed by atoms with Gasteiger partial charge in [0, 0.05) is 5.02 Å². The zero-order valence-electron chi connectivity index (χ0n) is 11.7. The first-order chi connectivity index (χ1) is 10.2. The summed E-state index contributed by atoms with van der Waals surface area (Å²) in [6, 6.07) is 13.3. The minimum Gasteiger partial charge on any atom is -0.496 e. The van der Waals surface area contributed by atoms with Gasteiger partial charge in [0.25, 0.3) is 5.91 Å². The van der Waals surface area contributed by atoms with E-state index >= 15 is 0 Å². The van der Waals surface area contributed by atoms with E-state index in [-0.39, 0.29) is 11.9 Å². The molecule has 4 heteroatoms. The molecule has 2 aromatic carbocycles. The third-order valence-corrected chi connectivity index (χ3v) is 4.08. The predicted octanol–water partition coefficient (Wildman–Crippen LogP) is 3.77. The van der Waals surface area contributed by atoms with Crippen molar-refractivity contribution < 1.29 is 9.53 Å². The number of benzene rings is 2. The van der Waals surface area contributed by atoms with Crippen LogP contribution in [-0.2, 0) is 6.42 Å². The Morgan fingerprint density at radius 1 is 1.29 bits per heavy atom. The number of amides is 1. The standard InChI is InChI=1S/C17H16ClNO2/c1-21-16-9-7-12(18)10-14(16)17(20)19-15-8-6-11-4-2-3-5-13(11)15/h2-5,7,9-10,15H,6,8H2,1H3,(H,19,20)/t15-/m0/s1. The van der Waals surface area contributed by atoms with E-state index in [0.717, 1.165) is 12.8 Å². The van der Waals surface area contributed by atoms with E-state index < -0.39 is 0 Å². The van der Waals surface area contributed by atoms with Crippen LogP contribution in [0.2, 0.25) is 5.02 Å². The van der Waals surface area contributed by atoms with Crippen LogP contribution < -0.4 is 10.1 Å². The first kappa shape index (κ1) is 14.0. The van der Waals surface area contributed by atoms with Crippen molar-refractivity contribution in [3.63, 3.8) is 0 Å². The number of fused-ring (bicyclic) bond motifs is 1. The molecule has 3 nitrogen and oxygen atoms in total. The molecule has 0 spiro atoms. The van der Waals surface area contributed by atoms with E-state index in [1.54, 1.807) is 25.3 Å². The second-order valence-electron chi connectivity index (χ2n) is 5.11. The molecule has 1 N–H and O–H groups in total. The molecule has 1 aliphatic rings. The molecule has 0 aliphatic heterocycles. The van der Waals surface area contributed by atoms with Crippen molar-refractivity contribution in [2.45, 2.75) is 18.9 Å². The topological polar surface area (TPSA) is 38.3 Å². The summed E-state index contributed by atoms with van der Waals surface area (Å²) in [6.07, 6.45) is 1.92. The van der Waals surface area contributed by atoms with Gasteiger partial charge >= 0.3 is 0 Å². The minimum atomic E-state index is -0.156. The maximum atomic E-state index is 12.5. The zero-order valence-corrected chi connectivity index (χ0v) is 12.5. The highest BCUT2D eigenvalue weighted by Gasteiger charge is 2.24. The number of aryl methyl sites for hydroxylation is 1. The third kappa shape index (κ3) is 2.74. The molecule has 0 heterocycles. The van der Waals surface area contributed by atoms with Gasteiger partial charge in [-0.3, -0.25) is 4.79 Å². The highest BCUT2D eigenvalue weighted by Crippen LogP contribution is 2.31. The lowest BCUT2D eigenvalue weighted by Gasteiger charge is -2.15. The molecular formula is C17H16ClNO2. The number of carbonyl (C=O) groups is 1. The second kappa shape index (κ2) is 5.78. The molecule has 108 valence electrons. The second-order valence-corrected chi connectivity index (χ2v) is 5.54. The van der Waals surface area contributed by atoms with Gasteiger partial charge in [0.05, 0.1) is 18.7 Å². The Bertz CT molecular complexity index is 684. The van der Waals surface area contributed by atoms with E-state index in [1.165, 1.54) is 11.1 Å². The van der Waals surface area contributed by atoms with Gasteiger partial charge in [0.1, 0.15) is 5.75 Å². The third-order valence-electron chi connectivity index (χ3n) is 3.84. The SMILES string of the molecule is COc1ccc(Cl)cc1C(=O)N[C@H]1CCc2ccccc21. The van der Waals surface area contributed by atoms with Crippen LogP contribution in [0.4, 0.5) is 0 Å². The van der Waals surface area contributed by atoms with Crippen molar-refractivity contribution in [2.24, 2.45) is 0 Å². The molecule has 0 fully saturated rings. The number of carbonyl (C=O) groups excluding carboxylic acids is 1. The van der Waals surface area contributed by atoms with Crippen LogP contribution in [0.5, 0.6) is 5.75 Å². The monoisotopic (exact) mass is 301 g/mol. The molecule has 2 aromatic rings. The van der Waals surface area contributed by atoms with E-state index in [4.69, 9.17) is 16.3 Å². The summed E-state index contributed by atoms with van der Waals surface area (Å²) < 4.78 is 5.24. The van der Waals surface area contributed by atoms with Crippen molar-refractivity contribution >= 4 is 17.5 Å². The molecule has 3 rings (SSSR count). The number of hydrogen-bond donors (Lipinski definition) is 1. The van der Waals surface area contributed by atoms with Gasteiger partial charge in [-0.15, -0.1) is 0 Å². The van der Waals surface area contributed by atoms with Crippen LogP contribution in [0.3, 0.4) is 0 Å². The van der Waals surface area contributed by atoms with Gasteiger partial charge in [-0.1, -0.05) is 35.9 Å². The largest absolute Gasteiger partial charge is 0.496 e. The summed E-state index contributed by atoms with van der Waals surface area (Å²) in [5.74, 6) is 0.374. The van der Waals surface area contributed by atoms with Gasteiger partial charge in [-0.2, -0.15) is 0 Å². The van der Waals surface area contributed by atoms with Crippen molar-refractivity contribution in [1.82, 2.24) is 5.32 Å². The Labute approximate surface area is 128 Å². The normalized spacial score (nSPS) is 16.4. The summed E-state index contributed by atoms with van der Waals surface area (Å²) in [7, 11) is 1.55. The average Bonchev–Trinajstić information content (AvgIpc) is 2.90. The molecule has 0 bridgehead atoms. The van der Waals surface area contributed by atoms with Gasteiger partial charge in [-0.05, 0) is 42.2 Å². The molecule has 0 unspecified atom stereocenters. The number of ether oxygens (including phenoxy) is 1.